The summed E-state index contributed by atoms with van der Waals surface area (Å²) in [4.78, 5) is 32.8. The molecule has 0 bridgehead atoms. The van der Waals surface area contributed by atoms with Crippen molar-refractivity contribution in [1.82, 2.24) is 9.97 Å². The lowest BCUT2D eigenvalue weighted by Crippen LogP contribution is -2.24. The van der Waals surface area contributed by atoms with E-state index in [1.165, 1.54) is 23.5 Å². The molecule has 1 N–H and O–H groups in total. The molecule has 144 valence electrons. The van der Waals surface area contributed by atoms with Gasteiger partial charge in [0.05, 0.1) is 17.5 Å². The van der Waals surface area contributed by atoms with Gasteiger partial charge in [-0.25, -0.2) is 9.37 Å². The lowest BCUT2D eigenvalue weighted by Gasteiger charge is -2.22. The Morgan fingerprint density at radius 1 is 1.10 bits per heavy atom. The summed E-state index contributed by atoms with van der Waals surface area (Å²) in [6.07, 6.45) is 2.47. The number of furan rings is 1. The van der Waals surface area contributed by atoms with Crippen molar-refractivity contribution in [2.24, 2.45) is 0 Å². The second-order valence-electron chi connectivity index (χ2n) is 6.99. The summed E-state index contributed by atoms with van der Waals surface area (Å²) in [5.41, 5.74) is 2.67. The van der Waals surface area contributed by atoms with Crippen LogP contribution in [0.3, 0.4) is 0 Å². The number of carbonyl (C=O) groups excluding carboxylic acids is 1. The number of nitrogens with zero attached hydrogens (tertiary/aromatic N) is 1. The van der Waals surface area contributed by atoms with E-state index >= 15 is 0 Å². The molecular weight excluding hydrogens is 391 g/mol. The molecule has 0 unspecified atom stereocenters. The van der Waals surface area contributed by atoms with Gasteiger partial charge in [-0.05, 0) is 48.9 Å². The van der Waals surface area contributed by atoms with E-state index in [-0.39, 0.29) is 23.1 Å². The van der Waals surface area contributed by atoms with Crippen LogP contribution in [0.4, 0.5) is 4.39 Å². The average Bonchev–Trinajstić information content (AvgIpc) is 3.40. The quantitative estimate of drug-likeness (QED) is 0.530. The molecule has 1 atom stereocenters. The van der Waals surface area contributed by atoms with Crippen LogP contribution < -0.4 is 5.56 Å². The number of nitrogens with one attached hydrogen (secondary N) is 1. The molecule has 7 heteroatoms. The average molecular weight is 406 g/mol. The van der Waals surface area contributed by atoms with E-state index in [4.69, 9.17) is 4.42 Å². The summed E-state index contributed by atoms with van der Waals surface area (Å²) < 4.78 is 18.6. The van der Waals surface area contributed by atoms with Crippen molar-refractivity contribution in [3.63, 3.8) is 0 Å². The summed E-state index contributed by atoms with van der Waals surface area (Å²) >= 11 is 1.32. The summed E-state index contributed by atoms with van der Waals surface area (Å²) in [5, 5.41) is 2.34. The van der Waals surface area contributed by atoms with E-state index in [0.717, 1.165) is 11.3 Å². The Bertz CT molecular complexity index is 1260. The van der Waals surface area contributed by atoms with Crippen LogP contribution in [-0.4, -0.2) is 15.8 Å². The first-order chi connectivity index (χ1) is 14.1. The number of Topliss-reactive ketones (excluding diaryl/α,β-unsaturated/α-hetero) is 1. The monoisotopic (exact) mass is 406 g/mol. The van der Waals surface area contributed by atoms with Gasteiger partial charge in [0.2, 0.25) is 0 Å². The normalized spacial score (nSPS) is 16.0. The number of H-pyrrole nitrogens is 1. The Morgan fingerprint density at radius 2 is 1.93 bits per heavy atom. The van der Waals surface area contributed by atoms with Gasteiger partial charge < -0.3 is 9.40 Å². The molecule has 29 heavy (non-hydrogen) atoms. The summed E-state index contributed by atoms with van der Waals surface area (Å²) in [6.45, 7) is 0. The van der Waals surface area contributed by atoms with Gasteiger partial charge in [-0.15, -0.1) is 11.3 Å². The van der Waals surface area contributed by atoms with Crippen molar-refractivity contribution in [3.8, 4) is 21.8 Å². The van der Waals surface area contributed by atoms with Gasteiger partial charge in [0.1, 0.15) is 16.6 Å². The molecule has 0 fully saturated rings. The minimum absolute atomic E-state index is 0.0273. The highest BCUT2D eigenvalue weighted by Crippen LogP contribution is 2.34. The van der Waals surface area contributed by atoms with Crippen LogP contribution in [0, 0.1) is 5.82 Å². The number of pyridine rings is 1. The highest BCUT2D eigenvalue weighted by molar-refractivity contribution is 7.13. The van der Waals surface area contributed by atoms with Crippen LogP contribution in [0.25, 0.3) is 21.8 Å². The largest absolute Gasteiger partial charge is 0.469 e. The lowest BCUT2D eigenvalue weighted by atomic mass is 9.84. The molecule has 4 aromatic rings. The van der Waals surface area contributed by atoms with Crippen LogP contribution in [-0.2, 0) is 6.42 Å². The van der Waals surface area contributed by atoms with Crippen molar-refractivity contribution in [1.29, 1.82) is 0 Å². The maximum Gasteiger partial charge on any atom is 0.258 e. The molecule has 5 nitrogen and oxygen atoms in total. The van der Waals surface area contributed by atoms with Crippen molar-refractivity contribution >= 4 is 17.1 Å². The Labute approximate surface area is 168 Å². The number of fused-ring (bicyclic) bond motifs is 1. The Hall–Kier alpha value is -3.32. The van der Waals surface area contributed by atoms with Crippen LogP contribution in [0.5, 0.6) is 0 Å². The molecule has 1 aliphatic rings. The molecule has 0 saturated carbocycles. The van der Waals surface area contributed by atoms with Gasteiger partial charge in [-0.2, -0.15) is 0 Å². The predicted octanol–water partition coefficient (Wildman–Crippen LogP) is 4.81. The second kappa shape index (κ2) is 6.93. The molecule has 3 heterocycles. The fourth-order valence-corrected chi connectivity index (χ4v) is 4.51. The van der Waals surface area contributed by atoms with Crippen molar-refractivity contribution in [2.75, 3.05) is 0 Å². The second-order valence-corrected chi connectivity index (χ2v) is 7.85. The van der Waals surface area contributed by atoms with Crippen molar-refractivity contribution in [3.05, 3.63) is 87.3 Å². The highest BCUT2D eigenvalue weighted by Gasteiger charge is 2.29. The van der Waals surface area contributed by atoms with Crippen LogP contribution >= 0.6 is 11.3 Å². The predicted molar refractivity (Wildman–Crippen MR) is 108 cm³/mol. The van der Waals surface area contributed by atoms with Crippen molar-refractivity contribution in [2.45, 2.75) is 18.8 Å². The molecule has 0 amide bonds. The molecule has 3 aromatic heterocycles. The fraction of sp³-hybridized carbons (Fsp3) is 0.136. The smallest absolute Gasteiger partial charge is 0.258 e. The van der Waals surface area contributed by atoms with Gasteiger partial charge in [0.25, 0.3) is 5.56 Å². The van der Waals surface area contributed by atoms with Gasteiger partial charge in [0.15, 0.2) is 5.78 Å². The molecular formula is C22H15FN2O3S. The number of benzene rings is 1. The number of hydrogen-bond donors (Lipinski definition) is 1. The first kappa shape index (κ1) is 17.8. The van der Waals surface area contributed by atoms with Crippen molar-refractivity contribution < 1.29 is 13.6 Å². The molecule has 0 spiro atoms. The minimum atomic E-state index is -0.318. The van der Waals surface area contributed by atoms with Gasteiger partial charge >= 0.3 is 0 Å². The molecule has 1 aromatic carbocycles. The zero-order chi connectivity index (χ0) is 20.0. The number of halogens is 1. The summed E-state index contributed by atoms with van der Waals surface area (Å²) in [5.74, 6) is 0.330. The number of carbonyl (C=O) groups is 1. The van der Waals surface area contributed by atoms with Crippen LogP contribution in [0.15, 0.2) is 63.3 Å². The third kappa shape index (κ3) is 3.23. The number of aromatic amines is 1. The number of thiazole rings is 1. The third-order valence-electron chi connectivity index (χ3n) is 5.13. The first-order valence-electron chi connectivity index (χ1n) is 9.13. The number of rotatable bonds is 3. The van der Waals surface area contributed by atoms with E-state index in [1.807, 2.05) is 11.4 Å². The molecule has 0 saturated heterocycles. The highest BCUT2D eigenvalue weighted by atomic mass is 32.1. The topological polar surface area (TPSA) is 76.0 Å². The van der Waals surface area contributed by atoms with Gasteiger partial charge in [0, 0.05) is 34.5 Å². The maximum atomic E-state index is 13.1. The van der Waals surface area contributed by atoms with E-state index in [9.17, 15) is 14.0 Å². The first-order valence-corrected chi connectivity index (χ1v) is 10.0. The lowest BCUT2D eigenvalue weighted by molar-refractivity contribution is 0.0959. The third-order valence-corrected chi connectivity index (χ3v) is 6.00. The van der Waals surface area contributed by atoms with Crippen LogP contribution in [0.2, 0.25) is 0 Å². The Kier molecular flexibility index (Phi) is 4.24. The number of aromatic nitrogens is 2. The standard InChI is InChI=1S/C22H15FN2O3S/c23-14-5-3-12(4-6-14)18-11-29-22(25-18)16-10-15-17(24-21(16)27)8-13(9-19(15)26)20-2-1-7-28-20/h1-7,10-11,13H,8-9H2,(H,24,27)/t13-/m1/s1. The van der Waals surface area contributed by atoms with E-state index < -0.39 is 0 Å². The number of hydrogen-bond acceptors (Lipinski definition) is 5. The maximum absolute atomic E-state index is 13.1. The van der Waals surface area contributed by atoms with Gasteiger partial charge in [-0.3, -0.25) is 9.59 Å². The molecule has 5 rings (SSSR count). The van der Waals surface area contributed by atoms with E-state index in [1.54, 1.807) is 30.5 Å². The molecule has 1 aliphatic carbocycles. The van der Waals surface area contributed by atoms with Gasteiger partial charge in [-0.1, -0.05) is 0 Å². The molecule has 0 aliphatic heterocycles. The van der Waals surface area contributed by atoms with E-state index in [0.29, 0.717) is 40.4 Å². The summed E-state index contributed by atoms with van der Waals surface area (Å²) in [6, 6.07) is 11.3. The Morgan fingerprint density at radius 3 is 2.69 bits per heavy atom. The summed E-state index contributed by atoms with van der Waals surface area (Å²) in [7, 11) is 0. The zero-order valence-electron chi connectivity index (χ0n) is 15.1. The zero-order valence-corrected chi connectivity index (χ0v) is 16.0. The fourth-order valence-electron chi connectivity index (χ4n) is 3.67. The molecule has 0 radical (unpaired) electrons. The van der Waals surface area contributed by atoms with E-state index in [2.05, 4.69) is 9.97 Å². The van der Waals surface area contributed by atoms with Crippen LogP contribution in [0.1, 0.15) is 34.2 Å². The number of ketones is 1. The Balaban J connectivity index is 1.50. The SMILES string of the molecule is O=C1C[C@H](c2ccco2)Cc2[nH]c(=O)c(-c3nc(-c4ccc(F)cc4)cs3)cc21. The minimum Gasteiger partial charge on any atom is -0.469 e.